The molecule has 46 heteroatoms. The van der Waals surface area contributed by atoms with E-state index < -0.39 is 225 Å². The molecule has 0 radical (unpaired) electrons. The van der Waals surface area contributed by atoms with Gasteiger partial charge in [-0.1, -0.05) is 0 Å². The van der Waals surface area contributed by atoms with Gasteiger partial charge in [-0.05, 0) is 74.9 Å². The Kier molecular flexibility index (Phi) is 23.0. The van der Waals surface area contributed by atoms with E-state index in [4.69, 9.17) is 24.2 Å². The molecule has 0 saturated heterocycles. The lowest BCUT2D eigenvalue weighted by Crippen LogP contribution is -2.70. The van der Waals surface area contributed by atoms with Crippen LogP contribution in [0.5, 0.6) is 23.0 Å². The second kappa shape index (κ2) is 25.9. The van der Waals surface area contributed by atoms with Gasteiger partial charge < -0.3 is 18.9 Å². The molecule has 7 nitrogen and oxygen atoms in total. The zero-order chi connectivity index (χ0) is 71.9. The van der Waals surface area contributed by atoms with Crippen LogP contribution in [0.4, 0.5) is 171 Å². The molecule has 2 rings (SSSR count). The number of unbranched alkanes of at least 4 members (excludes halogenated alkanes) is 3. The summed E-state index contributed by atoms with van der Waals surface area (Å²) in [5.74, 6) is -126. The number of carbonyl (C=O) groups is 1. The fourth-order valence-corrected chi connectivity index (χ4v) is 6.68. The van der Waals surface area contributed by atoms with Gasteiger partial charge >= 0.3 is 113 Å². The smallest absolute Gasteiger partial charge is 0.460 e. The molecule has 0 unspecified atom stereocenters. The van der Waals surface area contributed by atoms with Crippen molar-refractivity contribution in [1.29, 1.82) is 5.26 Å². The minimum Gasteiger partial charge on any atom is -0.490 e. The lowest BCUT2D eigenvalue weighted by Gasteiger charge is -2.39. The summed E-state index contributed by atoms with van der Waals surface area (Å²) in [6.45, 7) is -4.86. The van der Waals surface area contributed by atoms with E-state index in [0.29, 0.717) is 12.1 Å². The molecule has 0 amide bonds. The average Bonchev–Trinajstić information content (AvgIpc) is 0.810. The van der Waals surface area contributed by atoms with Gasteiger partial charge in [0, 0.05) is 19.3 Å². The van der Waals surface area contributed by atoms with Crippen molar-refractivity contribution in [1.82, 2.24) is 0 Å². The van der Waals surface area contributed by atoms with Crippen LogP contribution in [-0.4, -0.2) is 133 Å². The summed E-state index contributed by atoms with van der Waals surface area (Å²) in [5.41, 5.74) is -3.03. The molecule has 0 bridgehead atoms. The summed E-state index contributed by atoms with van der Waals surface area (Å²) >= 11 is 0. The third kappa shape index (κ3) is 14.6. The Hall–Kier alpha value is -6.26. The van der Waals surface area contributed by atoms with Gasteiger partial charge in [0.25, 0.3) is 0 Å². The van der Waals surface area contributed by atoms with Gasteiger partial charge in [-0.15, -0.1) is 0 Å². The van der Waals surface area contributed by atoms with Gasteiger partial charge in [0.2, 0.25) is 11.2 Å². The average molecular weight is 1420 g/mol. The number of benzene rings is 1. The van der Waals surface area contributed by atoms with Crippen LogP contribution in [0.2, 0.25) is 0 Å². The van der Waals surface area contributed by atoms with Crippen molar-refractivity contribution < 1.29 is 195 Å². The first-order valence-electron chi connectivity index (χ1n) is 23.4. The molecular weight excluding hydrogens is 1390 g/mol. The predicted molar refractivity (Wildman–Crippen MR) is 219 cm³/mol. The van der Waals surface area contributed by atoms with Crippen molar-refractivity contribution in [3.05, 3.63) is 57.7 Å². The molecule has 0 aliphatic heterocycles. The van der Waals surface area contributed by atoms with Crippen molar-refractivity contribution in [3.63, 3.8) is 0 Å². The topological polar surface area (TPSA) is 94.8 Å². The number of carbonyl (C=O) groups excluding carboxylic acids is 1. The van der Waals surface area contributed by atoms with E-state index in [1.54, 1.807) is 0 Å². The van der Waals surface area contributed by atoms with Crippen molar-refractivity contribution in [2.24, 2.45) is 0 Å². The van der Waals surface area contributed by atoms with Gasteiger partial charge in [-0.2, -0.15) is 176 Å². The minimum absolute atomic E-state index is 0.124. The highest BCUT2D eigenvalue weighted by Crippen LogP contribution is 2.64. The lowest BCUT2D eigenvalue weighted by atomic mass is 9.92. The molecule has 524 valence electrons. The van der Waals surface area contributed by atoms with Crippen LogP contribution >= 0.6 is 0 Å². The van der Waals surface area contributed by atoms with E-state index in [2.05, 4.69) is 0 Å². The second-order valence-electron chi connectivity index (χ2n) is 18.6. The van der Waals surface area contributed by atoms with Crippen molar-refractivity contribution in [2.45, 2.75) is 165 Å². The highest BCUT2D eigenvalue weighted by atomic mass is 19.5. The molecule has 2 aromatic carbocycles. The fourth-order valence-electron chi connectivity index (χ4n) is 6.68. The van der Waals surface area contributed by atoms with Crippen LogP contribution in [-0.2, 0) is 0 Å². The summed E-state index contributed by atoms with van der Waals surface area (Å²) in [6.07, 6.45) is -42.7. The van der Waals surface area contributed by atoms with E-state index in [0.717, 1.165) is 12.1 Å². The maximum Gasteiger partial charge on any atom is 0.460 e. The summed E-state index contributed by atoms with van der Waals surface area (Å²) < 4.78 is 552. The van der Waals surface area contributed by atoms with Gasteiger partial charge in [-0.25, -0.2) is 4.79 Å². The Morgan fingerprint density at radius 1 is 0.341 bits per heavy atom. The molecule has 0 fully saturated rings. The van der Waals surface area contributed by atoms with Crippen LogP contribution in [0.25, 0.3) is 0 Å². The number of rotatable bonds is 32. The maximum atomic E-state index is 14.5. The molecular formula is C45H30F39NO6. The number of alkyl halides is 39. The Balaban J connectivity index is 2.77. The van der Waals surface area contributed by atoms with Crippen LogP contribution in [0.1, 0.15) is 73.7 Å². The molecule has 0 saturated carbocycles. The first-order valence-corrected chi connectivity index (χ1v) is 23.4. The summed E-state index contributed by atoms with van der Waals surface area (Å²) in [6, 6.07) is 4.28. The molecule has 0 N–H and O–H groups in total. The Bertz CT molecular complexity index is 2840. The number of hydrogen-bond acceptors (Lipinski definition) is 7. The standard InChI is InChI=1S/C45H30F39NO6/c46-28(47,31(52,53)34(58,59)37(64,65)40(70,71)43(76,77)78)11-1-4-14-88-24-17-21(27(87)91-23-10-8-20(19-85)7-9-22(23)86)18-25(89-15-5-2-12-29(48,49)32(54,55)35(60,61)38(66,67)41(72,73)44(79,80)81)26(24)90-16-6-3-13-30(50,51)33(56,57)36(62,63)39(68,69)42(74,75)45(82,83)84/h7-10,17-18H,1-6,11-16H2. The SMILES string of the molecule is N#Cc1ccc(OC(=O)c2cc(OCCCCC(F)(F)C(F)(F)C(F)(F)C(F)(F)C(F)(F)C(F)(F)F)c(OCCCCC(F)(F)C(F)(F)C(F)(F)C(F)(F)C(F)(F)C(F)(F)F)c(OCCCCC(F)(F)C(F)(F)C(F)(F)C(F)(F)C(F)(F)C(F)(F)F)c2)c(=O)cc1. The normalized spacial score (nSPS) is 14.9. The summed E-state index contributed by atoms with van der Waals surface area (Å²) in [4.78, 5) is 25.9. The molecule has 0 spiro atoms. The number of hydrogen-bond donors (Lipinski definition) is 0. The number of nitrogens with zero attached hydrogens (tertiary/aromatic N) is 1. The number of halogens is 39. The minimum atomic E-state index is -8.40. The number of ether oxygens (including phenoxy) is 4. The third-order valence-corrected chi connectivity index (χ3v) is 12.1. The van der Waals surface area contributed by atoms with E-state index >= 15 is 0 Å². The molecule has 91 heavy (non-hydrogen) atoms. The first kappa shape index (κ1) is 80.8. The van der Waals surface area contributed by atoms with E-state index in [9.17, 15) is 181 Å². The largest absolute Gasteiger partial charge is 0.490 e. The van der Waals surface area contributed by atoms with Gasteiger partial charge in [0.1, 0.15) is 0 Å². The molecule has 0 aromatic heterocycles. The van der Waals surface area contributed by atoms with Crippen LogP contribution < -0.4 is 24.4 Å². The van der Waals surface area contributed by atoms with Gasteiger partial charge in [0.15, 0.2) is 17.2 Å². The zero-order valence-corrected chi connectivity index (χ0v) is 43.1. The maximum absolute atomic E-state index is 14.5. The zero-order valence-electron chi connectivity index (χ0n) is 43.1. The lowest BCUT2D eigenvalue weighted by molar-refractivity contribution is -0.440. The third-order valence-electron chi connectivity index (χ3n) is 12.1. The van der Waals surface area contributed by atoms with E-state index in [-0.39, 0.29) is 17.7 Å². The van der Waals surface area contributed by atoms with Crippen LogP contribution in [0, 0.1) is 11.3 Å². The number of esters is 1. The monoisotopic (exact) mass is 1420 g/mol. The molecule has 0 aliphatic rings. The first-order chi connectivity index (χ1) is 40.2. The van der Waals surface area contributed by atoms with Crippen LogP contribution in [0.3, 0.4) is 0 Å². The Morgan fingerprint density at radius 2 is 0.604 bits per heavy atom. The van der Waals surface area contributed by atoms with Gasteiger partial charge in [0.05, 0.1) is 37.0 Å². The highest BCUT2D eigenvalue weighted by Gasteiger charge is 2.93. The fraction of sp³-hybridized carbons (Fsp3) is 0.667. The van der Waals surface area contributed by atoms with Crippen LogP contribution in [0.15, 0.2) is 41.2 Å². The molecule has 0 heterocycles. The van der Waals surface area contributed by atoms with E-state index in [1.165, 1.54) is 6.07 Å². The quantitative estimate of drug-likeness (QED) is 0.0409. The van der Waals surface area contributed by atoms with Gasteiger partial charge in [-0.3, -0.25) is 4.79 Å². The van der Waals surface area contributed by atoms with Crippen molar-refractivity contribution in [2.75, 3.05) is 19.8 Å². The summed E-state index contributed by atoms with van der Waals surface area (Å²) in [5, 5.41) is 9.08. The Morgan fingerprint density at radius 3 is 0.879 bits per heavy atom. The predicted octanol–water partition coefficient (Wildman–Crippen LogP) is 18.0. The highest BCUT2D eigenvalue weighted by molar-refractivity contribution is 5.92. The van der Waals surface area contributed by atoms with Crippen molar-refractivity contribution in [3.8, 4) is 29.1 Å². The Labute approximate surface area is 478 Å². The van der Waals surface area contributed by atoms with E-state index in [1.807, 2.05) is 0 Å². The molecule has 2 aromatic rings. The van der Waals surface area contributed by atoms with Crippen molar-refractivity contribution >= 4 is 5.97 Å². The summed E-state index contributed by atoms with van der Waals surface area (Å²) in [7, 11) is 0. The molecule has 0 aliphatic carbocycles. The second-order valence-corrected chi connectivity index (χ2v) is 18.6. The number of nitriles is 1. The molecule has 0 atom stereocenters.